The lowest BCUT2D eigenvalue weighted by Crippen LogP contribution is -2.51. The van der Waals surface area contributed by atoms with Crippen LogP contribution in [0.15, 0.2) is 0 Å². The van der Waals surface area contributed by atoms with Crippen LogP contribution in [0, 0.1) is 0 Å². The third kappa shape index (κ3) is 5.44. The Morgan fingerprint density at radius 2 is 1.83 bits per heavy atom. The van der Waals surface area contributed by atoms with Gasteiger partial charge in [-0.05, 0) is 38.6 Å². The lowest BCUT2D eigenvalue weighted by molar-refractivity contribution is -0.131. The van der Waals surface area contributed by atoms with Crippen molar-refractivity contribution in [3.63, 3.8) is 0 Å². The molecule has 3 aliphatic rings. The van der Waals surface area contributed by atoms with Gasteiger partial charge in [0, 0.05) is 38.1 Å². The largest absolute Gasteiger partial charge is 0.352 e. The Morgan fingerprint density at radius 1 is 1.00 bits per heavy atom. The Bertz CT molecular complexity index is 363. The highest BCUT2D eigenvalue weighted by molar-refractivity contribution is 5.76. The van der Waals surface area contributed by atoms with Crippen LogP contribution in [-0.2, 0) is 9.63 Å². The molecule has 0 aromatic rings. The molecular formula is C18H33N3O2. The molecule has 3 rings (SSSR count). The van der Waals surface area contributed by atoms with Crippen molar-refractivity contribution in [3.8, 4) is 0 Å². The Kier molecular flexibility index (Phi) is 6.72. The van der Waals surface area contributed by atoms with E-state index in [2.05, 4.69) is 10.2 Å². The van der Waals surface area contributed by atoms with E-state index in [0.717, 1.165) is 45.1 Å². The number of carbonyl (C=O) groups excluding carboxylic acids is 1. The normalized spacial score (nSPS) is 28.6. The van der Waals surface area contributed by atoms with Gasteiger partial charge in [0.2, 0.25) is 5.91 Å². The molecule has 1 amide bonds. The molecule has 132 valence electrons. The van der Waals surface area contributed by atoms with Crippen LogP contribution in [0.25, 0.3) is 0 Å². The smallest absolute Gasteiger partial charge is 0.221 e. The number of hydrogen-bond donors (Lipinski definition) is 1. The van der Waals surface area contributed by atoms with Gasteiger partial charge in [-0.1, -0.05) is 25.7 Å². The van der Waals surface area contributed by atoms with Crippen molar-refractivity contribution in [2.45, 2.75) is 76.3 Å². The first kappa shape index (κ1) is 17.2. The molecule has 0 bridgehead atoms. The van der Waals surface area contributed by atoms with Crippen molar-refractivity contribution in [2.75, 3.05) is 32.8 Å². The maximum Gasteiger partial charge on any atom is 0.221 e. The SMILES string of the molecule is O=C(CCN1CCCO1)N[C@@H]1CCCN(C2CCCCCC2)C1. The summed E-state index contributed by atoms with van der Waals surface area (Å²) in [4.78, 5) is 20.3. The van der Waals surface area contributed by atoms with Crippen LogP contribution in [-0.4, -0.2) is 60.7 Å². The predicted octanol–water partition coefficient (Wildman–Crippen LogP) is 2.32. The summed E-state index contributed by atoms with van der Waals surface area (Å²) < 4.78 is 0. The Hall–Kier alpha value is -0.650. The van der Waals surface area contributed by atoms with E-state index in [4.69, 9.17) is 4.84 Å². The summed E-state index contributed by atoms with van der Waals surface area (Å²) in [5.41, 5.74) is 0. The standard InChI is InChI=1S/C18H33N3O2/c22-18(10-13-21-12-6-14-23-21)19-16-7-5-11-20(15-16)17-8-3-1-2-4-9-17/h16-17H,1-15H2,(H,19,22)/t16-/m1/s1. The van der Waals surface area contributed by atoms with Gasteiger partial charge < -0.3 is 5.32 Å². The predicted molar refractivity (Wildman–Crippen MR) is 91.0 cm³/mol. The summed E-state index contributed by atoms with van der Waals surface area (Å²) in [6.45, 7) is 4.77. The summed E-state index contributed by atoms with van der Waals surface area (Å²) in [5.74, 6) is 0.188. The molecule has 23 heavy (non-hydrogen) atoms. The summed E-state index contributed by atoms with van der Waals surface area (Å²) in [6.07, 6.45) is 12.3. The van der Waals surface area contributed by atoms with Crippen LogP contribution in [0.3, 0.4) is 0 Å². The molecule has 5 heteroatoms. The third-order valence-corrected chi connectivity index (χ3v) is 5.57. The van der Waals surface area contributed by atoms with Crippen molar-refractivity contribution >= 4 is 5.91 Å². The molecule has 1 aliphatic carbocycles. The number of hydroxylamine groups is 2. The number of hydrogen-bond acceptors (Lipinski definition) is 4. The van der Waals surface area contributed by atoms with Crippen molar-refractivity contribution in [1.29, 1.82) is 0 Å². The van der Waals surface area contributed by atoms with E-state index in [1.54, 1.807) is 0 Å². The molecule has 0 radical (unpaired) electrons. The fraction of sp³-hybridized carbons (Fsp3) is 0.944. The molecule has 2 heterocycles. The molecular weight excluding hydrogens is 290 g/mol. The summed E-state index contributed by atoms with van der Waals surface area (Å²) in [7, 11) is 0. The number of nitrogens with one attached hydrogen (secondary N) is 1. The summed E-state index contributed by atoms with van der Waals surface area (Å²) in [6, 6.07) is 1.11. The Morgan fingerprint density at radius 3 is 2.57 bits per heavy atom. The van der Waals surface area contributed by atoms with Gasteiger partial charge in [0.1, 0.15) is 0 Å². The Labute approximate surface area is 140 Å². The van der Waals surface area contributed by atoms with E-state index in [-0.39, 0.29) is 5.91 Å². The molecule has 1 atom stereocenters. The second kappa shape index (κ2) is 9.00. The number of amides is 1. The van der Waals surface area contributed by atoms with Crippen LogP contribution in [0.4, 0.5) is 0 Å². The van der Waals surface area contributed by atoms with Crippen molar-refractivity contribution in [3.05, 3.63) is 0 Å². The van der Waals surface area contributed by atoms with Gasteiger partial charge in [0.05, 0.1) is 6.61 Å². The van der Waals surface area contributed by atoms with Gasteiger partial charge in [-0.15, -0.1) is 0 Å². The van der Waals surface area contributed by atoms with Crippen LogP contribution >= 0.6 is 0 Å². The molecule has 0 spiro atoms. The first-order valence-electron chi connectivity index (χ1n) is 9.72. The monoisotopic (exact) mass is 323 g/mol. The van der Waals surface area contributed by atoms with Crippen LogP contribution in [0.1, 0.15) is 64.2 Å². The van der Waals surface area contributed by atoms with Gasteiger partial charge in [0.15, 0.2) is 0 Å². The number of rotatable bonds is 5. The first-order valence-corrected chi connectivity index (χ1v) is 9.72. The molecule has 5 nitrogen and oxygen atoms in total. The number of likely N-dealkylation sites (tertiary alicyclic amines) is 1. The van der Waals surface area contributed by atoms with Crippen molar-refractivity contribution in [1.82, 2.24) is 15.3 Å². The zero-order valence-electron chi connectivity index (χ0n) is 14.5. The fourth-order valence-corrected chi connectivity index (χ4v) is 4.28. The van der Waals surface area contributed by atoms with E-state index in [1.807, 2.05) is 5.06 Å². The molecule has 0 unspecified atom stereocenters. The maximum absolute atomic E-state index is 12.2. The van der Waals surface area contributed by atoms with Crippen LogP contribution in [0.5, 0.6) is 0 Å². The fourth-order valence-electron chi connectivity index (χ4n) is 4.28. The molecule has 0 aromatic carbocycles. The van der Waals surface area contributed by atoms with Gasteiger partial charge in [-0.3, -0.25) is 14.5 Å². The first-order chi connectivity index (χ1) is 11.3. The summed E-state index contributed by atoms with van der Waals surface area (Å²) in [5, 5.41) is 5.19. The van der Waals surface area contributed by atoms with E-state index in [9.17, 15) is 4.79 Å². The quantitative estimate of drug-likeness (QED) is 0.789. The van der Waals surface area contributed by atoms with Crippen molar-refractivity contribution in [2.24, 2.45) is 0 Å². The third-order valence-electron chi connectivity index (χ3n) is 5.57. The van der Waals surface area contributed by atoms with Crippen molar-refractivity contribution < 1.29 is 9.63 Å². The van der Waals surface area contributed by atoms with Gasteiger partial charge in [0.25, 0.3) is 0 Å². The number of carbonyl (C=O) groups is 1. The highest BCUT2D eigenvalue weighted by atomic mass is 16.7. The Balaban J connectivity index is 1.39. The average Bonchev–Trinajstić information content (AvgIpc) is 2.93. The van der Waals surface area contributed by atoms with Gasteiger partial charge in [-0.25, -0.2) is 0 Å². The lowest BCUT2D eigenvalue weighted by Gasteiger charge is -2.38. The lowest BCUT2D eigenvalue weighted by atomic mass is 10.00. The highest BCUT2D eigenvalue weighted by Crippen LogP contribution is 2.24. The minimum absolute atomic E-state index is 0.188. The second-order valence-electron chi connectivity index (χ2n) is 7.41. The zero-order valence-corrected chi connectivity index (χ0v) is 14.5. The van der Waals surface area contributed by atoms with Crippen LogP contribution in [0.2, 0.25) is 0 Å². The topological polar surface area (TPSA) is 44.8 Å². The van der Waals surface area contributed by atoms with E-state index in [0.29, 0.717) is 12.5 Å². The highest BCUT2D eigenvalue weighted by Gasteiger charge is 2.27. The van der Waals surface area contributed by atoms with E-state index in [1.165, 1.54) is 51.5 Å². The number of piperidine rings is 1. The molecule has 1 N–H and O–H groups in total. The minimum atomic E-state index is 0.188. The summed E-state index contributed by atoms with van der Waals surface area (Å²) >= 11 is 0. The molecule has 2 aliphatic heterocycles. The minimum Gasteiger partial charge on any atom is -0.352 e. The van der Waals surface area contributed by atoms with Crippen LogP contribution < -0.4 is 5.32 Å². The number of nitrogens with zero attached hydrogens (tertiary/aromatic N) is 2. The van der Waals surface area contributed by atoms with Gasteiger partial charge >= 0.3 is 0 Å². The maximum atomic E-state index is 12.2. The molecule has 3 fully saturated rings. The van der Waals surface area contributed by atoms with Gasteiger partial charge in [-0.2, -0.15) is 5.06 Å². The van der Waals surface area contributed by atoms with E-state index >= 15 is 0 Å². The second-order valence-corrected chi connectivity index (χ2v) is 7.41. The molecule has 0 aromatic heterocycles. The average molecular weight is 323 g/mol. The molecule has 1 saturated carbocycles. The molecule has 2 saturated heterocycles. The van der Waals surface area contributed by atoms with E-state index < -0.39 is 0 Å². The zero-order chi connectivity index (χ0) is 15.9.